The third-order valence-electron chi connectivity index (χ3n) is 8.73. The highest BCUT2D eigenvalue weighted by Crippen LogP contribution is 2.38. The van der Waals surface area contributed by atoms with E-state index in [4.69, 9.17) is 15.7 Å². The van der Waals surface area contributed by atoms with Gasteiger partial charge in [-0.05, 0) is 112 Å². The normalized spacial score (nSPS) is 18.0. The maximum absolute atomic E-state index is 6.35. The molecule has 3 aromatic heterocycles. The lowest BCUT2D eigenvalue weighted by Gasteiger charge is -2.44. The first-order valence-electron chi connectivity index (χ1n) is 15.1. The van der Waals surface area contributed by atoms with Crippen LogP contribution in [0.1, 0.15) is 57.2 Å². The summed E-state index contributed by atoms with van der Waals surface area (Å²) in [5.41, 5.74) is 13.7. The zero-order valence-corrected chi connectivity index (χ0v) is 24.3. The van der Waals surface area contributed by atoms with Gasteiger partial charge in [0.2, 0.25) is 0 Å². The quantitative estimate of drug-likeness (QED) is 0.261. The molecule has 212 valence electrons. The van der Waals surface area contributed by atoms with E-state index in [-0.39, 0.29) is 0 Å². The highest BCUT2D eigenvalue weighted by atomic mass is 15.1. The number of fused-ring (bicyclic) bond motifs is 1. The summed E-state index contributed by atoms with van der Waals surface area (Å²) in [5.74, 6) is 1.20. The Morgan fingerprint density at radius 1 is 1.05 bits per heavy atom. The van der Waals surface area contributed by atoms with E-state index in [0.29, 0.717) is 11.2 Å². The van der Waals surface area contributed by atoms with Crippen LogP contribution in [0.15, 0.2) is 73.0 Å². The summed E-state index contributed by atoms with van der Waals surface area (Å²) < 4.78 is 2.12. The van der Waals surface area contributed by atoms with Gasteiger partial charge in [-0.3, -0.25) is 9.47 Å². The van der Waals surface area contributed by atoms with E-state index in [2.05, 4.69) is 75.3 Å². The first-order valence-corrected chi connectivity index (χ1v) is 15.1. The van der Waals surface area contributed by atoms with Crippen molar-refractivity contribution >= 4 is 22.6 Å². The summed E-state index contributed by atoms with van der Waals surface area (Å²) >= 11 is 0. The number of piperidine rings is 2. The minimum absolute atomic E-state index is 0.456. The summed E-state index contributed by atoms with van der Waals surface area (Å²) in [4.78, 5) is 17.1. The molecule has 0 amide bonds. The highest BCUT2D eigenvalue weighted by Gasteiger charge is 2.35. The van der Waals surface area contributed by atoms with Crippen molar-refractivity contribution in [2.24, 2.45) is 5.41 Å². The van der Waals surface area contributed by atoms with Gasteiger partial charge in [-0.25, -0.2) is 15.0 Å². The van der Waals surface area contributed by atoms with Crippen LogP contribution in [0.5, 0.6) is 0 Å². The summed E-state index contributed by atoms with van der Waals surface area (Å²) in [6.07, 6.45) is 14.3. The van der Waals surface area contributed by atoms with Gasteiger partial charge in [-0.1, -0.05) is 37.3 Å². The number of nitrogen functional groups attached to an aromatic ring is 1. The predicted octanol–water partition coefficient (Wildman–Crippen LogP) is 6.40. The Bertz CT molecular complexity index is 1550. The maximum Gasteiger partial charge on any atom is 0.165 e. The van der Waals surface area contributed by atoms with Crippen LogP contribution in [0, 0.1) is 5.41 Å². The molecule has 7 nitrogen and oxygen atoms in total. The molecule has 3 N–H and O–H groups in total. The fourth-order valence-electron chi connectivity index (χ4n) is 6.46. The fourth-order valence-corrected chi connectivity index (χ4v) is 6.46. The number of benzene rings is 1. The SMILES string of the molecule is C/C=C\C(=C/CC)c1ccc2nc(-c3cccnc3N)n(-c3ccc(CN4CCC5(CCCNC5)CC4)cc3)c2n1. The Hall–Kier alpha value is -3.81. The van der Waals surface area contributed by atoms with Gasteiger partial charge in [0.05, 0.1) is 11.3 Å². The van der Waals surface area contributed by atoms with E-state index in [9.17, 15) is 0 Å². The Morgan fingerprint density at radius 3 is 2.59 bits per heavy atom. The minimum atomic E-state index is 0.456. The van der Waals surface area contributed by atoms with Crippen LogP contribution >= 0.6 is 0 Å². The van der Waals surface area contributed by atoms with Crippen LogP contribution in [0.3, 0.4) is 0 Å². The van der Waals surface area contributed by atoms with E-state index >= 15 is 0 Å². The summed E-state index contributed by atoms with van der Waals surface area (Å²) in [7, 11) is 0. The standard InChI is InChI=1S/C34H41N7/c1-3-7-26(8-4-2)29-14-15-30-33(38-29)41(32(39-30)28-9-5-20-37-31(28)35)27-12-10-25(11-13-27)23-40-21-17-34(18-22-40)16-6-19-36-24-34/h3,5,7-15,20,36H,4,6,16-19,21-24H2,1-2H3,(H2,35,37)/b7-3-,26-8+. The molecule has 4 aromatic rings. The first kappa shape index (κ1) is 27.4. The van der Waals surface area contributed by atoms with Crippen molar-refractivity contribution in [1.29, 1.82) is 0 Å². The number of anilines is 1. The molecule has 6 rings (SSSR count). The second-order valence-electron chi connectivity index (χ2n) is 11.5. The largest absolute Gasteiger partial charge is 0.383 e. The summed E-state index contributed by atoms with van der Waals surface area (Å²) in [6, 6.07) is 16.8. The number of aromatic nitrogens is 4. The van der Waals surface area contributed by atoms with Crippen LogP contribution in [-0.2, 0) is 6.54 Å². The maximum atomic E-state index is 6.35. The lowest BCUT2D eigenvalue weighted by atomic mass is 9.73. The molecule has 2 aliphatic heterocycles. The lowest BCUT2D eigenvalue weighted by Crippen LogP contribution is -2.47. The molecule has 1 spiro atoms. The van der Waals surface area contributed by atoms with E-state index in [1.165, 1.54) is 57.4 Å². The second kappa shape index (κ2) is 12.0. The second-order valence-corrected chi connectivity index (χ2v) is 11.5. The van der Waals surface area contributed by atoms with E-state index in [0.717, 1.165) is 52.5 Å². The molecule has 0 aliphatic carbocycles. The molecule has 41 heavy (non-hydrogen) atoms. The Labute approximate surface area is 243 Å². The van der Waals surface area contributed by atoms with Gasteiger partial charge in [0, 0.05) is 25.0 Å². The topological polar surface area (TPSA) is 84.9 Å². The molecule has 2 saturated heterocycles. The number of hydrogen-bond donors (Lipinski definition) is 2. The molecule has 0 saturated carbocycles. The van der Waals surface area contributed by atoms with Gasteiger partial charge in [0.1, 0.15) is 11.3 Å². The number of nitrogens with two attached hydrogens (primary N) is 1. The number of nitrogens with one attached hydrogen (secondary N) is 1. The number of likely N-dealkylation sites (tertiary alicyclic amines) is 1. The van der Waals surface area contributed by atoms with Crippen LogP contribution in [0.25, 0.3) is 33.8 Å². The average Bonchev–Trinajstić information content (AvgIpc) is 3.38. The van der Waals surface area contributed by atoms with E-state index in [1.54, 1.807) is 6.20 Å². The van der Waals surface area contributed by atoms with Crippen LogP contribution < -0.4 is 11.1 Å². The number of rotatable bonds is 7. The van der Waals surface area contributed by atoms with Gasteiger partial charge < -0.3 is 11.1 Å². The third kappa shape index (κ3) is 5.69. The van der Waals surface area contributed by atoms with Crippen molar-refractivity contribution in [2.45, 2.75) is 52.5 Å². The van der Waals surface area contributed by atoms with Crippen LogP contribution in [0.2, 0.25) is 0 Å². The van der Waals surface area contributed by atoms with Crippen molar-refractivity contribution < 1.29 is 0 Å². The molecular formula is C34H41N7. The van der Waals surface area contributed by atoms with Crippen molar-refractivity contribution in [3.05, 3.63) is 84.2 Å². The Morgan fingerprint density at radius 2 is 1.88 bits per heavy atom. The highest BCUT2D eigenvalue weighted by molar-refractivity contribution is 5.85. The van der Waals surface area contributed by atoms with Crippen LogP contribution in [-0.4, -0.2) is 50.6 Å². The molecule has 0 radical (unpaired) electrons. The summed E-state index contributed by atoms with van der Waals surface area (Å²) in [6.45, 7) is 9.88. The number of imidazole rings is 1. The van der Waals surface area contributed by atoms with Crippen LogP contribution in [0.4, 0.5) is 5.82 Å². The molecule has 7 heteroatoms. The predicted molar refractivity (Wildman–Crippen MR) is 169 cm³/mol. The average molecular weight is 548 g/mol. The van der Waals surface area contributed by atoms with Gasteiger partial charge in [0.15, 0.2) is 11.5 Å². The van der Waals surface area contributed by atoms with Crippen molar-refractivity contribution in [3.63, 3.8) is 0 Å². The third-order valence-corrected chi connectivity index (χ3v) is 8.73. The van der Waals surface area contributed by atoms with E-state index in [1.807, 2.05) is 25.1 Å². The zero-order chi connectivity index (χ0) is 28.2. The Kier molecular flexibility index (Phi) is 7.99. The monoisotopic (exact) mass is 547 g/mol. The molecule has 0 unspecified atom stereocenters. The molecule has 2 fully saturated rings. The Balaban J connectivity index is 1.33. The summed E-state index contributed by atoms with van der Waals surface area (Å²) in [5, 5.41) is 3.63. The minimum Gasteiger partial charge on any atom is -0.383 e. The van der Waals surface area contributed by atoms with Gasteiger partial charge in [-0.2, -0.15) is 0 Å². The number of pyridine rings is 2. The molecule has 2 aliphatic rings. The van der Waals surface area contributed by atoms with Gasteiger partial charge >= 0.3 is 0 Å². The molecule has 0 atom stereocenters. The van der Waals surface area contributed by atoms with Crippen molar-refractivity contribution in [3.8, 4) is 17.1 Å². The number of nitrogens with zero attached hydrogens (tertiary/aromatic N) is 5. The number of allylic oxidation sites excluding steroid dienone is 4. The zero-order valence-electron chi connectivity index (χ0n) is 24.3. The van der Waals surface area contributed by atoms with Gasteiger partial charge in [0.25, 0.3) is 0 Å². The molecule has 0 bridgehead atoms. The smallest absolute Gasteiger partial charge is 0.165 e. The molecular weight excluding hydrogens is 506 g/mol. The lowest BCUT2D eigenvalue weighted by molar-refractivity contribution is 0.0750. The van der Waals surface area contributed by atoms with Crippen molar-refractivity contribution in [1.82, 2.24) is 29.7 Å². The van der Waals surface area contributed by atoms with Crippen molar-refractivity contribution in [2.75, 3.05) is 31.9 Å². The molecule has 1 aromatic carbocycles. The fraction of sp³-hybridized carbons (Fsp3) is 0.382. The molecule has 5 heterocycles. The first-order chi connectivity index (χ1) is 20.1. The van der Waals surface area contributed by atoms with Gasteiger partial charge in [-0.15, -0.1) is 0 Å². The number of hydrogen-bond acceptors (Lipinski definition) is 6. The van der Waals surface area contributed by atoms with E-state index < -0.39 is 0 Å².